The van der Waals surface area contributed by atoms with E-state index in [-0.39, 0.29) is 0 Å². The summed E-state index contributed by atoms with van der Waals surface area (Å²) in [5, 5.41) is 7.16. The lowest BCUT2D eigenvalue weighted by Crippen LogP contribution is -2.05. The van der Waals surface area contributed by atoms with E-state index in [2.05, 4.69) is 39.3 Å². The molecule has 0 aromatic carbocycles. The van der Waals surface area contributed by atoms with Crippen LogP contribution in [0.15, 0.2) is 10.6 Å². The Kier molecular flexibility index (Phi) is 4.65. The monoisotopic (exact) mass is 275 g/mol. The average Bonchev–Trinajstić information content (AvgIpc) is 2.82. The number of rotatable bonds is 6. The van der Waals surface area contributed by atoms with Crippen LogP contribution in [0.3, 0.4) is 0 Å². The van der Waals surface area contributed by atoms with Crippen LogP contribution in [0.4, 0.5) is 5.82 Å². The Bertz CT molecular complexity index is 564. The largest absolute Gasteiger partial charge is 0.361 e. The van der Waals surface area contributed by atoms with Gasteiger partial charge in [-0.05, 0) is 12.8 Å². The summed E-state index contributed by atoms with van der Waals surface area (Å²) in [6, 6.07) is 1.91. The van der Waals surface area contributed by atoms with Gasteiger partial charge >= 0.3 is 0 Å². The van der Waals surface area contributed by atoms with Crippen LogP contribution in [-0.2, 0) is 19.4 Å². The first-order chi connectivity index (χ1) is 9.56. The van der Waals surface area contributed by atoms with E-state index in [1.165, 1.54) is 0 Å². The third-order valence-corrected chi connectivity index (χ3v) is 2.74. The maximum Gasteiger partial charge on any atom is 0.245 e. The van der Waals surface area contributed by atoms with Gasteiger partial charge in [-0.25, -0.2) is 9.97 Å². The molecule has 0 aliphatic rings. The summed E-state index contributed by atoms with van der Waals surface area (Å²) in [6.07, 6.45) is 1.64. The zero-order valence-corrected chi connectivity index (χ0v) is 12.5. The number of nitrogens with one attached hydrogen (secondary N) is 1. The molecule has 0 saturated heterocycles. The van der Waals surface area contributed by atoms with Crippen LogP contribution in [0.2, 0.25) is 0 Å². The highest BCUT2D eigenvalue weighted by Gasteiger charge is 2.08. The van der Waals surface area contributed by atoms with Crippen molar-refractivity contribution in [3.8, 4) is 0 Å². The maximum atomic E-state index is 5.21. The predicted octanol–water partition coefficient (Wildman–Crippen LogP) is 2.54. The fraction of sp³-hybridized carbons (Fsp3) is 0.571. The van der Waals surface area contributed by atoms with E-state index in [0.717, 1.165) is 36.0 Å². The van der Waals surface area contributed by atoms with Gasteiger partial charge in [0.15, 0.2) is 5.82 Å². The number of hydrogen-bond donors (Lipinski definition) is 1. The molecule has 0 unspecified atom stereocenters. The molecule has 0 fully saturated rings. The molecule has 0 aliphatic carbocycles. The van der Waals surface area contributed by atoms with Crippen molar-refractivity contribution < 1.29 is 4.52 Å². The zero-order valence-electron chi connectivity index (χ0n) is 12.5. The van der Waals surface area contributed by atoms with E-state index in [0.29, 0.717) is 18.4 Å². The summed E-state index contributed by atoms with van der Waals surface area (Å²) in [7, 11) is 0. The van der Waals surface area contributed by atoms with E-state index in [4.69, 9.17) is 4.52 Å². The smallest absolute Gasteiger partial charge is 0.245 e. The van der Waals surface area contributed by atoms with Gasteiger partial charge in [0.05, 0.1) is 6.54 Å². The van der Waals surface area contributed by atoms with Crippen molar-refractivity contribution >= 4 is 5.82 Å². The molecule has 6 heteroatoms. The molecule has 0 amide bonds. The third kappa shape index (κ3) is 4.01. The number of anilines is 1. The van der Waals surface area contributed by atoms with E-state index >= 15 is 0 Å². The quantitative estimate of drug-likeness (QED) is 0.873. The van der Waals surface area contributed by atoms with Crippen LogP contribution in [-0.4, -0.2) is 20.1 Å². The van der Waals surface area contributed by atoms with Gasteiger partial charge in [-0.2, -0.15) is 4.98 Å². The first-order valence-corrected chi connectivity index (χ1v) is 6.96. The number of nitrogens with zero attached hydrogens (tertiary/aromatic N) is 4. The minimum atomic E-state index is 0.477. The average molecular weight is 275 g/mol. The van der Waals surface area contributed by atoms with Crippen molar-refractivity contribution in [1.82, 2.24) is 20.1 Å². The fourth-order valence-electron chi connectivity index (χ4n) is 1.85. The van der Waals surface area contributed by atoms with Crippen molar-refractivity contribution in [2.45, 2.75) is 47.1 Å². The molecule has 0 bridgehead atoms. The minimum Gasteiger partial charge on any atom is -0.361 e. The summed E-state index contributed by atoms with van der Waals surface area (Å²) in [6.45, 7) is 8.73. The molecule has 1 N–H and O–H groups in total. The number of aromatic nitrogens is 4. The lowest BCUT2D eigenvalue weighted by Gasteiger charge is -2.05. The Balaban J connectivity index is 1.98. The molecule has 0 radical (unpaired) electrons. The molecular formula is C14H21N5O. The van der Waals surface area contributed by atoms with Crippen LogP contribution in [0.5, 0.6) is 0 Å². The molecule has 108 valence electrons. The van der Waals surface area contributed by atoms with Gasteiger partial charge in [0.2, 0.25) is 5.89 Å². The van der Waals surface area contributed by atoms with E-state index in [1.54, 1.807) is 0 Å². The summed E-state index contributed by atoms with van der Waals surface area (Å²) < 4.78 is 5.21. The number of aryl methyl sites for hydroxylation is 2. The third-order valence-electron chi connectivity index (χ3n) is 2.74. The van der Waals surface area contributed by atoms with Crippen LogP contribution < -0.4 is 5.32 Å². The molecule has 6 nitrogen and oxygen atoms in total. The van der Waals surface area contributed by atoms with Crippen molar-refractivity contribution in [3.05, 3.63) is 29.3 Å². The topological polar surface area (TPSA) is 76.7 Å². The molecule has 0 atom stereocenters. The molecule has 2 aromatic rings. The van der Waals surface area contributed by atoms with Crippen molar-refractivity contribution in [2.75, 3.05) is 5.32 Å². The van der Waals surface area contributed by atoms with Crippen molar-refractivity contribution in [1.29, 1.82) is 0 Å². The van der Waals surface area contributed by atoms with Crippen LogP contribution in [0.1, 0.15) is 44.0 Å². The molecule has 20 heavy (non-hydrogen) atoms. The summed E-state index contributed by atoms with van der Waals surface area (Å²) in [5.41, 5.74) is 0.949. The first-order valence-electron chi connectivity index (χ1n) is 6.96. The highest BCUT2D eigenvalue weighted by atomic mass is 16.5. The normalized spacial score (nSPS) is 11.1. The zero-order chi connectivity index (χ0) is 14.5. The molecule has 0 saturated carbocycles. The standard InChI is InChI=1S/C14H21N5O/c1-5-11-16-10(4)7-12(17-11)15-8-14-18-13(19-20-14)6-9(2)3/h7,9H,5-6,8H2,1-4H3,(H,15,16,17). The molecule has 2 aromatic heterocycles. The molecule has 0 aliphatic heterocycles. The highest BCUT2D eigenvalue weighted by molar-refractivity contribution is 5.35. The molecule has 0 spiro atoms. The molecule has 2 rings (SSSR count). The van der Waals surface area contributed by atoms with Crippen LogP contribution in [0.25, 0.3) is 0 Å². The lowest BCUT2D eigenvalue weighted by atomic mass is 10.1. The Morgan fingerprint density at radius 3 is 2.70 bits per heavy atom. The van der Waals surface area contributed by atoms with Gasteiger partial charge in [-0.1, -0.05) is 25.9 Å². The van der Waals surface area contributed by atoms with E-state index in [1.807, 2.05) is 19.9 Å². The van der Waals surface area contributed by atoms with Crippen molar-refractivity contribution in [3.63, 3.8) is 0 Å². The van der Waals surface area contributed by atoms with Gasteiger partial charge in [0.25, 0.3) is 0 Å². The second-order valence-corrected chi connectivity index (χ2v) is 5.22. The second kappa shape index (κ2) is 6.45. The van der Waals surface area contributed by atoms with Crippen LogP contribution in [0, 0.1) is 12.8 Å². The lowest BCUT2D eigenvalue weighted by molar-refractivity contribution is 0.375. The Morgan fingerprint density at radius 1 is 1.20 bits per heavy atom. The van der Waals surface area contributed by atoms with E-state index < -0.39 is 0 Å². The van der Waals surface area contributed by atoms with Gasteiger partial charge in [-0.3, -0.25) is 0 Å². The minimum absolute atomic E-state index is 0.477. The first kappa shape index (κ1) is 14.4. The maximum absolute atomic E-state index is 5.21. The Hall–Kier alpha value is -1.98. The van der Waals surface area contributed by atoms with Gasteiger partial charge in [-0.15, -0.1) is 0 Å². The van der Waals surface area contributed by atoms with Crippen LogP contribution >= 0.6 is 0 Å². The van der Waals surface area contributed by atoms with E-state index in [9.17, 15) is 0 Å². The van der Waals surface area contributed by atoms with Crippen molar-refractivity contribution in [2.24, 2.45) is 5.92 Å². The second-order valence-electron chi connectivity index (χ2n) is 5.22. The summed E-state index contributed by atoms with van der Waals surface area (Å²) >= 11 is 0. The van der Waals surface area contributed by atoms with Gasteiger partial charge in [0, 0.05) is 24.6 Å². The van der Waals surface area contributed by atoms with Gasteiger partial charge < -0.3 is 9.84 Å². The SMILES string of the molecule is CCc1nc(C)cc(NCc2nc(CC(C)C)no2)n1. The molecular weight excluding hydrogens is 254 g/mol. The highest BCUT2D eigenvalue weighted by Crippen LogP contribution is 2.09. The summed E-state index contributed by atoms with van der Waals surface area (Å²) in [4.78, 5) is 13.1. The van der Waals surface area contributed by atoms with Gasteiger partial charge in [0.1, 0.15) is 11.6 Å². The Labute approximate surface area is 119 Å². The molecule has 2 heterocycles. The predicted molar refractivity (Wildman–Crippen MR) is 76.3 cm³/mol. The number of hydrogen-bond acceptors (Lipinski definition) is 6. The fourth-order valence-corrected chi connectivity index (χ4v) is 1.85. The summed E-state index contributed by atoms with van der Waals surface area (Å²) in [5.74, 6) is 3.47. The Morgan fingerprint density at radius 2 is 2.00 bits per heavy atom.